The number of nitrogens with one attached hydrogen (secondary N) is 1. The average molecular weight is 232 g/mol. The van der Waals surface area contributed by atoms with E-state index in [9.17, 15) is 0 Å². The van der Waals surface area contributed by atoms with Crippen molar-refractivity contribution < 1.29 is 0 Å². The molecule has 0 bridgehead atoms. The van der Waals surface area contributed by atoms with E-state index >= 15 is 0 Å². The number of hydrogen-bond donors (Lipinski definition) is 1. The Hall–Kier alpha value is 0.270. The van der Waals surface area contributed by atoms with Gasteiger partial charge in [0.2, 0.25) is 0 Å². The second-order valence-electron chi connectivity index (χ2n) is 4.23. The predicted molar refractivity (Wildman–Crippen MR) is 72.9 cm³/mol. The van der Waals surface area contributed by atoms with Crippen molar-refractivity contribution >= 4 is 11.8 Å². The molecule has 0 saturated carbocycles. The first kappa shape index (κ1) is 15.3. The van der Waals surface area contributed by atoms with Crippen LogP contribution >= 0.6 is 11.8 Å². The molecule has 1 N–H and O–H groups in total. The summed E-state index contributed by atoms with van der Waals surface area (Å²) in [5, 5.41) is 3.50. The quantitative estimate of drug-likeness (QED) is 0.583. The lowest BCUT2D eigenvalue weighted by Crippen LogP contribution is -2.29. The molecule has 0 saturated heterocycles. The Morgan fingerprint density at radius 2 is 1.87 bits per heavy atom. The number of rotatable bonds is 10. The van der Waals surface area contributed by atoms with Gasteiger partial charge in [-0.2, -0.15) is 11.8 Å². The van der Waals surface area contributed by atoms with Crippen LogP contribution in [0.15, 0.2) is 0 Å². The second kappa shape index (κ2) is 10.8. The van der Waals surface area contributed by atoms with E-state index in [-0.39, 0.29) is 0 Å². The first-order valence-electron chi connectivity index (χ1n) is 6.17. The van der Waals surface area contributed by atoms with Gasteiger partial charge >= 0.3 is 0 Å². The molecule has 0 spiro atoms. The lowest BCUT2D eigenvalue weighted by atomic mass is 10.3. The molecule has 92 valence electrons. The first-order chi connectivity index (χ1) is 7.18. The Bertz CT molecular complexity index is 129. The fourth-order valence-corrected chi connectivity index (χ4v) is 1.92. The van der Waals surface area contributed by atoms with Gasteiger partial charge in [0.15, 0.2) is 0 Å². The zero-order valence-electron chi connectivity index (χ0n) is 10.9. The molecule has 0 amide bonds. The number of nitrogens with zero attached hydrogens (tertiary/aromatic N) is 1. The van der Waals surface area contributed by atoms with Gasteiger partial charge in [0.05, 0.1) is 0 Å². The summed E-state index contributed by atoms with van der Waals surface area (Å²) in [6, 6.07) is 0.672. The van der Waals surface area contributed by atoms with Gasteiger partial charge in [-0.1, -0.05) is 6.92 Å². The van der Waals surface area contributed by atoms with Crippen LogP contribution in [0, 0.1) is 0 Å². The molecular weight excluding hydrogens is 204 g/mol. The lowest BCUT2D eigenvalue weighted by molar-refractivity contribution is 0.269. The van der Waals surface area contributed by atoms with E-state index in [0.717, 1.165) is 6.54 Å². The highest BCUT2D eigenvalue weighted by atomic mass is 32.2. The van der Waals surface area contributed by atoms with E-state index < -0.39 is 0 Å². The van der Waals surface area contributed by atoms with E-state index in [1.807, 2.05) is 11.8 Å². The first-order valence-corrected chi connectivity index (χ1v) is 7.32. The normalized spacial score (nSPS) is 11.6. The van der Waals surface area contributed by atoms with Crippen LogP contribution in [0.5, 0.6) is 0 Å². The third-order valence-electron chi connectivity index (χ3n) is 2.59. The summed E-state index contributed by atoms with van der Waals surface area (Å²) in [6.07, 6.45) is 2.56. The van der Waals surface area contributed by atoms with E-state index in [2.05, 4.69) is 38.0 Å². The van der Waals surface area contributed by atoms with Crippen molar-refractivity contribution in [2.75, 3.05) is 38.2 Å². The van der Waals surface area contributed by atoms with Crippen molar-refractivity contribution in [3.8, 4) is 0 Å². The van der Waals surface area contributed by atoms with Crippen molar-refractivity contribution in [1.29, 1.82) is 0 Å². The van der Waals surface area contributed by atoms with Crippen molar-refractivity contribution in [3.05, 3.63) is 0 Å². The maximum absolute atomic E-state index is 3.50. The Kier molecular flexibility index (Phi) is 11.0. The highest BCUT2D eigenvalue weighted by molar-refractivity contribution is 7.99. The van der Waals surface area contributed by atoms with E-state index in [1.165, 1.54) is 37.4 Å². The van der Waals surface area contributed by atoms with Gasteiger partial charge in [0.25, 0.3) is 0 Å². The molecule has 0 aliphatic rings. The Labute approximate surface area is 100 Å². The smallest absolute Gasteiger partial charge is 0.00355 e. The number of hydrogen-bond acceptors (Lipinski definition) is 3. The minimum absolute atomic E-state index is 0.672. The van der Waals surface area contributed by atoms with Crippen LogP contribution in [0.25, 0.3) is 0 Å². The van der Waals surface area contributed by atoms with Crippen LogP contribution < -0.4 is 5.32 Å². The lowest BCUT2D eigenvalue weighted by Gasteiger charge is -2.20. The molecule has 0 aliphatic carbocycles. The molecular formula is C12H28N2S. The third-order valence-corrected chi connectivity index (χ3v) is 3.58. The zero-order chi connectivity index (χ0) is 11.5. The average Bonchev–Trinajstić information content (AvgIpc) is 2.21. The van der Waals surface area contributed by atoms with E-state index in [1.54, 1.807) is 0 Å². The summed E-state index contributed by atoms with van der Waals surface area (Å²) >= 11 is 2.03. The van der Waals surface area contributed by atoms with Gasteiger partial charge in [-0.15, -0.1) is 0 Å². The van der Waals surface area contributed by atoms with E-state index in [0.29, 0.717) is 6.04 Å². The van der Waals surface area contributed by atoms with Crippen LogP contribution in [-0.4, -0.2) is 49.1 Å². The van der Waals surface area contributed by atoms with Crippen molar-refractivity contribution in [3.63, 3.8) is 0 Å². The van der Waals surface area contributed by atoms with Crippen LogP contribution in [0.1, 0.15) is 33.6 Å². The largest absolute Gasteiger partial charge is 0.317 e. The maximum Gasteiger partial charge on any atom is 0.00355 e. The van der Waals surface area contributed by atoms with Gasteiger partial charge in [-0.3, -0.25) is 0 Å². The molecule has 0 aliphatic heterocycles. The molecule has 0 atom stereocenters. The fraction of sp³-hybridized carbons (Fsp3) is 1.00. The molecule has 0 aromatic rings. The summed E-state index contributed by atoms with van der Waals surface area (Å²) < 4.78 is 0. The molecule has 15 heavy (non-hydrogen) atoms. The molecule has 0 heterocycles. The molecule has 2 nitrogen and oxygen atoms in total. The van der Waals surface area contributed by atoms with Gasteiger partial charge in [-0.05, 0) is 64.9 Å². The molecule has 0 unspecified atom stereocenters. The molecule has 0 rings (SSSR count). The maximum atomic E-state index is 3.50. The van der Waals surface area contributed by atoms with Crippen LogP contribution in [0.3, 0.4) is 0 Å². The second-order valence-corrected chi connectivity index (χ2v) is 5.62. The third kappa shape index (κ3) is 10.6. The topological polar surface area (TPSA) is 15.3 Å². The fourth-order valence-electron chi connectivity index (χ4n) is 1.28. The molecule has 0 fully saturated rings. The van der Waals surface area contributed by atoms with Crippen LogP contribution in [-0.2, 0) is 0 Å². The number of thioether (sulfide) groups is 1. The highest BCUT2D eigenvalue weighted by Crippen LogP contribution is 1.99. The van der Waals surface area contributed by atoms with Gasteiger partial charge in [0, 0.05) is 6.04 Å². The summed E-state index contributed by atoms with van der Waals surface area (Å²) in [5.74, 6) is 2.55. The van der Waals surface area contributed by atoms with Gasteiger partial charge < -0.3 is 10.2 Å². The van der Waals surface area contributed by atoms with Crippen LogP contribution in [0.4, 0.5) is 0 Å². The minimum atomic E-state index is 0.672. The molecule has 3 heteroatoms. The van der Waals surface area contributed by atoms with Crippen LogP contribution in [0.2, 0.25) is 0 Å². The predicted octanol–water partition coefficient (Wildman–Crippen LogP) is 2.45. The SMILES string of the molecule is CCSCCCNCCCN(C)C(C)C. The van der Waals surface area contributed by atoms with Crippen molar-refractivity contribution in [2.45, 2.75) is 39.7 Å². The molecule has 0 radical (unpaired) electrons. The van der Waals surface area contributed by atoms with Gasteiger partial charge in [-0.25, -0.2) is 0 Å². The minimum Gasteiger partial charge on any atom is -0.317 e. The monoisotopic (exact) mass is 232 g/mol. The zero-order valence-corrected chi connectivity index (χ0v) is 11.7. The van der Waals surface area contributed by atoms with Crippen molar-refractivity contribution in [1.82, 2.24) is 10.2 Å². The summed E-state index contributed by atoms with van der Waals surface area (Å²) in [4.78, 5) is 2.40. The summed E-state index contributed by atoms with van der Waals surface area (Å²) in [5.41, 5.74) is 0. The Morgan fingerprint density at radius 1 is 1.20 bits per heavy atom. The highest BCUT2D eigenvalue weighted by Gasteiger charge is 2.01. The van der Waals surface area contributed by atoms with E-state index in [4.69, 9.17) is 0 Å². The van der Waals surface area contributed by atoms with Gasteiger partial charge in [0.1, 0.15) is 0 Å². The Morgan fingerprint density at radius 3 is 2.47 bits per heavy atom. The molecule has 0 aromatic heterocycles. The Balaban J connectivity index is 3.05. The summed E-state index contributed by atoms with van der Waals surface area (Å²) in [6.45, 7) is 10.3. The molecule has 0 aromatic carbocycles. The standard InChI is InChI=1S/C12H28N2S/c1-5-15-11-7-9-13-8-6-10-14(4)12(2)3/h12-13H,5-11H2,1-4H3. The summed E-state index contributed by atoms with van der Waals surface area (Å²) in [7, 11) is 2.20. The van der Waals surface area contributed by atoms with Crippen molar-refractivity contribution in [2.24, 2.45) is 0 Å².